The summed E-state index contributed by atoms with van der Waals surface area (Å²) >= 11 is 0. The predicted octanol–water partition coefficient (Wildman–Crippen LogP) is 1.21. The van der Waals surface area contributed by atoms with Gasteiger partial charge in [-0.25, -0.2) is 0 Å². The number of hydrogen-bond donors (Lipinski definition) is 1. The quantitative estimate of drug-likeness (QED) is 0.771. The number of carbonyl (C=O) groups excluding carboxylic acids is 1. The zero-order chi connectivity index (χ0) is 12.0. The maximum absolute atomic E-state index is 11.1. The Kier molecular flexibility index (Phi) is 4.49. The Labute approximate surface area is 94.8 Å². The van der Waals surface area contributed by atoms with Gasteiger partial charge in [-0.05, 0) is 24.6 Å². The highest BCUT2D eigenvalue weighted by molar-refractivity contribution is 5.75. The van der Waals surface area contributed by atoms with Crippen molar-refractivity contribution < 1.29 is 9.53 Å². The van der Waals surface area contributed by atoms with Crippen LogP contribution in [0.15, 0.2) is 24.3 Å². The van der Waals surface area contributed by atoms with Gasteiger partial charge in [0.2, 0.25) is 0 Å². The summed E-state index contributed by atoms with van der Waals surface area (Å²) in [5, 5.41) is 11.7. The number of nitrogens with zero attached hydrogens (tertiary/aromatic N) is 1. The SMILES string of the molecule is COC(=O)C(C)NCc1cccc(C#N)c1. The minimum Gasteiger partial charge on any atom is -0.468 e. The van der Waals surface area contributed by atoms with Gasteiger partial charge in [0.1, 0.15) is 6.04 Å². The molecule has 4 heteroatoms. The van der Waals surface area contributed by atoms with Crippen LogP contribution in [0.2, 0.25) is 0 Å². The van der Waals surface area contributed by atoms with Gasteiger partial charge in [-0.15, -0.1) is 0 Å². The average molecular weight is 218 g/mol. The zero-order valence-electron chi connectivity index (χ0n) is 9.36. The second kappa shape index (κ2) is 5.89. The second-order valence-electron chi connectivity index (χ2n) is 3.44. The summed E-state index contributed by atoms with van der Waals surface area (Å²) in [5.41, 5.74) is 1.58. The van der Waals surface area contributed by atoms with Crippen molar-refractivity contribution in [3.05, 3.63) is 35.4 Å². The molecule has 1 N–H and O–H groups in total. The van der Waals surface area contributed by atoms with Gasteiger partial charge in [0.05, 0.1) is 18.7 Å². The van der Waals surface area contributed by atoms with Crippen molar-refractivity contribution in [3.8, 4) is 6.07 Å². The van der Waals surface area contributed by atoms with Crippen molar-refractivity contribution in [2.24, 2.45) is 0 Å². The van der Waals surface area contributed by atoms with Crippen molar-refractivity contribution in [3.63, 3.8) is 0 Å². The van der Waals surface area contributed by atoms with Crippen LogP contribution < -0.4 is 5.32 Å². The molecule has 1 rings (SSSR count). The van der Waals surface area contributed by atoms with Gasteiger partial charge in [0, 0.05) is 6.54 Å². The number of carbonyl (C=O) groups is 1. The molecule has 0 aliphatic heterocycles. The fourth-order valence-corrected chi connectivity index (χ4v) is 1.28. The van der Waals surface area contributed by atoms with E-state index in [1.165, 1.54) is 7.11 Å². The minimum atomic E-state index is -0.351. The molecule has 1 aromatic rings. The lowest BCUT2D eigenvalue weighted by atomic mass is 10.1. The minimum absolute atomic E-state index is 0.295. The maximum Gasteiger partial charge on any atom is 0.322 e. The first-order chi connectivity index (χ1) is 7.67. The molecule has 0 spiro atoms. The van der Waals surface area contributed by atoms with Gasteiger partial charge in [0.25, 0.3) is 0 Å². The Morgan fingerprint density at radius 3 is 3.00 bits per heavy atom. The standard InChI is InChI=1S/C12H14N2O2/c1-9(12(15)16-2)14-8-11-5-3-4-10(6-11)7-13/h3-6,9,14H,8H2,1-2H3. The lowest BCUT2D eigenvalue weighted by molar-refractivity contribution is -0.142. The molecular weight excluding hydrogens is 204 g/mol. The van der Waals surface area contributed by atoms with Gasteiger partial charge < -0.3 is 10.1 Å². The molecule has 16 heavy (non-hydrogen) atoms. The lowest BCUT2D eigenvalue weighted by Crippen LogP contribution is -2.34. The molecule has 4 nitrogen and oxygen atoms in total. The number of esters is 1. The van der Waals surface area contributed by atoms with E-state index < -0.39 is 0 Å². The highest BCUT2D eigenvalue weighted by Crippen LogP contribution is 2.04. The smallest absolute Gasteiger partial charge is 0.322 e. The third-order valence-electron chi connectivity index (χ3n) is 2.22. The number of methoxy groups -OCH3 is 1. The van der Waals surface area contributed by atoms with Crippen LogP contribution in [-0.4, -0.2) is 19.1 Å². The number of hydrogen-bond acceptors (Lipinski definition) is 4. The van der Waals surface area contributed by atoms with Crippen LogP contribution in [0.5, 0.6) is 0 Å². The van der Waals surface area contributed by atoms with Crippen molar-refractivity contribution >= 4 is 5.97 Å². The highest BCUT2D eigenvalue weighted by Gasteiger charge is 2.11. The number of rotatable bonds is 4. The first-order valence-electron chi connectivity index (χ1n) is 4.97. The molecule has 0 saturated heterocycles. The summed E-state index contributed by atoms with van der Waals surface area (Å²) in [6.45, 7) is 2.27. The van der Waals surface area contributed by atoms with E-state index in [-0.39, 0.29) is 12.0 Å². The molecule has 0 fully saturated rings. The van der Waals surface area contributed by atoms with Crippen LogP contribution in [0.1, 0.15) is 18.1 Å². The fraction of sp³-hybridized carbons (Fsp3) is 0.333. The number of ether oxygens (including phenoxy) is 1. The van der Waals surface area contributed by atoms with E-state index in [0.717, 1.165) is 5.56 Å². The Morgan fingerprint density at radius 1 is 1.62 bits per heavy atom. The van der Waals surface area contributed by atoms with Crippen LogP contribution in [0.25, 0.3) is 0 Å². The lowest BCUT2D eigenvalue weighted by Gasteiger charge is -2.11. The number of nitriles is 1. The fourth-order valence-electron chi connectivity index (χ4n) is 1.28. The van der Waals surface area contributed by atoms with Crippen LogP contribution in [0, 0.1) is 11.3 Å². The Bertz CT molecular complexity index is 410. The van der Waals surface area contributed by atoms with Crippen molar-refractivity contribution in [1.29, 1.82) is 5.26 Å². The summed E-state index contributed by atoms with van der Waals surface area (Å²) in [6, 6.07) is 8.97. The molecule has 1 atom stereocenters. The summed E-state index contributed by atoms with van der Waals surface area (Å²) in [6.07, 6.45) is 0. The Balaban J connectivity index is 2.55. The van der Waals surface area contributed by atoms with Crippen LogP contribution in [0.3, 0.4) is 0 Å². The van der Waals surface area contributed by atoms with Gasteiger partial charge in [-0.1, -0.05) is 12.1 Å². The normalized spacial score (nSPS) is 11.6. The molecule has 1 aromatic carbocycles. The van der Waals surface area contributed by atoms with Gasteiger partial charge >= 0.3 is 5.97 Å². The van der Waals surface area contributed by atoms with Crippen molar-refractivity contribution in [2.75, 3.05) is 7.11 Å². The summed E-state index contributed by atoms with van der Waals surface area (Å²) in [4.78, 5) is 11.1. The van der Waals surface area contributed by atoms with E-state index in [1.807, 2.05) is 12.1 Å². The van der Waals surface area contributed by atoms with Crippen LogP contribution in [0.4, 0.5) is 0 Å². The number of benzene rings is 1. The van der Waals surface area contributed by atoms with E-state index in [0.29, 0.717) is 12.1 Å². The Morgan fingerprint density at radius 2 is 2.38 bits per heavy atom. The van der Waals surface area contributed by atoms with Crippen LogP contribution >= 0.6 is 0 Å². The maximum atomic E-state index is 11.1. The molecule has 0 heterocycles. The third-order valence-corrected chi connectivity index (χ3v) is 2.22. The van der Waals surface area contributed by atoms with E-state index in [9.17, 15) is 4.79 Å². The summed E-state index contributed by atoms with van der Waals surface area (Å²) in [7, 11) is 1.36. The van der Waals surface area contributed by atoms with Crippen molar-refractivity contribution in [2.45, 2.75) is 19.5 Å². The van der Waals surface area contributed by atoms with Crippen LogP contribution in [-0.2, 0) is 16.1 Å². The summed E-state index contributed by atoms with van der Waals surface area (Å²) in [5.74, 6) is -0.295. The molecule has 84 valence electrons. The topological polar surface area (TPSA) is 62.1 Å². The monoisotopic (exact) mass is 218 g/mol. The van der Waals surface area contributed by atoms with Gasteiger partial charge in [-0.2, -0.15) is 5.26 Å². The van der Waals surface area contributed by atoms with E-state index in [1.54, 1.807) is 19.1 Å². The highest BCUT2D eigenvalue weighted by atomic mass is 16.5. The van der Waals surface area contributed by atoms with E-state index in [2.05, 4.69) is 16.1 Å². The summed E-state index contributed by atoms with van der Waals surface area (Å²) < 4.78 is 4.59. The molecule has 0 aliphatic rings. The molecule has 0 aromatic heterocycles. The molecule has 0 saturated carbocycles. The molecule has 0 amide bonds. The molecular formula is C12H14N2O2. The average Bonchev–Trinajstić information content (AvgIpc) is 2.35. The first kappa shape index (κ1) is 12.2. The molecule has 0 aliphatic carbocycles. The number of nitrogens with one attached hydrogen (secondary N) is 1. The predicted molar refractivity (Wildman–Crippen MR) is 59.5 cm³/mol. The molecule has 1 unspecified atom stereocenters. The first-order valence-corrected chi connectivity index (χ1v) is 4.97. The van der Waals surface area contributed by atoms with Crippen molar-refractivity contribution in [1.82, 2.24) is 5.32 Å². The van der Waals surface area contributed by atoms with Gasteiger partial charge in [-0.3, -0.25) is 4.79 Å². The molecule has 0 radical (unpaired) electrons. The Hall–Kier alpha value is -1.86. The van der Waals surface area contributed by atoms with E-state index >= 15 is 0 Å². The van der Waals surface area contributed by atoms with E-state index in [4.69, 9.17) is 5.26 Å². The largest absolute Gasteiger partial charge is 0.468 e. The molecule has 0 bridgehead atoms. The second-order valence-corrected chi connectivity index (χ2v) is 3.44. The zero-order valence-corrected chi connectivity index (χ0v) is 9.36. The van der Waals surface area contributed by atoms with Gasteiger partial charge in [0.15, 0.2) is 0 Å². The third kappa shape index (κ3) is 3.37.